The van der Waals surface area contributed by atoms with E-state index in [1.165, 1.54) is 0 Å². The van der Waals surface area contributed by atoms with Crippen LogP contribution in [0.5, 0.6) is 11.5 Å². The summed E-state index contributed by atoms with van der Waals surface area (Å²) in [5, 5.41) is 16.8. The molecule has 0 radical (unpaired) electrons. The lowest BCUT2D eigenvalue weighted by Gasteiger charge is -2.32. The highest BCUT2D eigenvalue weighted by Crippen LogP contribution is 2.33. The summed E-state index contributed by atoms with van der Waals surface area (Å²) in [6.07, 6.45) is 20.3. The van der Waals surface area contributed by atoms with Crippen LogP contribution in [-0.2, 0) is 5.41 Å². The molecule has 0 atom stereocenters. The highest BCUT2D eigenvalue weighted by molar-refractivity contribution is 6.02. The van der Waals surface area contributed by atoms with Crippen molar-refractivity contribution in [3.8, 4) is 69.4 Å². The van der Waals surface area contributed by atoms with E-state index in [4.69, 9.17) is 15.9 Å². The maximum absolute atomic E-state index is 13.0. The minimum absolute atomic E-state index is 0.0348. The molecule has 4 saturated heterocycles. The van der Waals surface area contributed by atoms with Crippen molar-refractivity contribution in [3.05, 3.63) is 254 Å². The molecule has 0 bridgehead atoms. The predicted molar refractivity (Wildman–Crippen MR) is 525 cm³/mol. The Morgan fingerprint density at radius 2 is 0.652 bits per heavy atom. The van der Waals surface area contributed by atoms with Crippen LogP contribution in [0.3, 0.4) is 0 Å². The fourth-order valence-electron chi connectivity index (χ4n) is 15.9. The Morgan fingerprint density at radius 3 is 0.970 bits per heavy atom. The number of carbonyl (C=O) groups excluding carboxylic acids is 4. The molecule has 4 aliphatic rings. The first kappa shape index (κ1) is 91.0. The monoisotopic (exact) mass is 1810 g/mol. The molecule has 4 aromatic carbocycles. The number of amides is 4. The minimum Gasteiger partial charge on any atom is -0.497 e. The van der Waals surface area contributed by atoms with E-state index in [2.05, 4.69) is 162 Å². The molecule has 16 aromatic rings. The van der Waals surface area contributed by atoms with Crippen molar-refractivity contribution >= 4 is 114 Å². The molecule has 16 heterocycles. The molecule has 34 heteroatoms. The second-order valence-corrected chi connectivity index (χ2v) is 34.1. The summed E-state index contributed by atoms with van der Waals surface area (Å²) in [5.41, 5.74) is 15.8. The van der Waals surface area contributed by atoms with Crippen LogP contribution >= 0.6 is 0 Å². The van der Waals surface area contributed by atoms with Gasteiger partial charge in [0.2, 0.25) is 23.8 Å². The molecule has 20 rings (SSSR count). The van der Waals surface area contributed by atoms with E-state index in [1.54, 1.807) is 68.8 Å². The van der Waals surface area contributed by atoms with Gasteiger partial charge in [-0.1, -0.05) is 18.9 Å². The van der Waals surface area contributed by atoms with E-state index >= 15 is 0 Å². The number of hydrogen-bond acceptors (Lipinski definition) is 26. The van der Waals surface area contributed by atoms with Gasteiger partial charge in [0.25, 0.3) is 23.6 Å². The molecule has 12 aromatic heterocycles. The van der Waals surface area contributed by atoms with Gasteiger partial charge < -0.3 is 89.9 Å². The van der Waals surface area contributed by atoms with Crippen molar-refractivity contribution in [1.29, 1.82) is 0 Å². The quantitative estimate of drug-likeness (QED) is 0.0310. The normalized spacial score (nSPS) is 14.5. The molecule has 4 aliphatic heterocycles. The Bertz CT molecular complexity index is 6940. The van der Waals surface area contributed by atoms with E-state index in [0.717, 1.165) is 212 Å². The Morgan fingerprint density at radius 1 is 0.348 bits per heavy atom. The van der Waals surface area contributed by atoms with Gasteiger partial charge >= 0.3 is 0 Å². The van der Waals surface area contributed by atoms with Crippen LogP contribution in [0.2, 0.25) is 0 Å². The molecular weight excluding hydrogens is 1700 g/mol. The van der Waals surface area contributed by atoms with E-state index in [9.17, 15) is 19.2 Å². The Kier molecular flexibility index (Phi) is 28.1. The standard InChI is InChI=1S/C28H29N7O.C26H29N7O2.C24H25N7O2.C23H23N7O/c1-5-28(2,3)20-8-10-29-24(18-20)23-9-11-30-27(33-23)31-21-6-7-22-19(16-21)17-25(32-22)26(36)35-14-12-34(4)13-15-35;1-3-14-35-20-6-8-27-23(17-20)22-7-9-28-26(31-22)29-19-4-5-21-18(15-19)16-24(30-21)25(34)33-12-10-32(2)11-13-33;1-30-9-11-31(12-10-30)23(32)22-14-16-13-17(3-4-19(16)28-22)27-24-26-8-6-20(29-24)21-15-18(33-2)5-7-25-21;1-29-10-12-30(13-11-29)22(31)21-15-16-14-17(5-6-18(16)27-21)26-23-25-9-7-20(28-23)19-4-2-3-8-24-19/h1,6-11,16-18,32H,12-15H2,2-4H3,(H,30,31,33);4-9,15-17,30H,3,10-14H2,1-2H3,(H,28,29,31);3-8,13-15,28H,9-12H2,1-2H3,(H,26,27,29);2-9,14-15,27H,10-13H2,1H3,(H,25,26,28). The van der Waals surface area contributed by atoms with E-state index in [-0.39, 0.29) is 23.6 Å². The first-order chi connectivity index (χ1) is 65.6. The second-order valence-electron chi connectivity index (χ2n) is 34.1. The molecule has 4 fully saturated rings. The average Bonchev–Trinajstić information content (AvgIpc) is 1.71. The number of fused-ring (bicyclic) bond motifs is 4. The van der Waals surface area contributed by atoms with Gasteiger partial charge in [0.15, 0.2) is 0 Å². The molecule has 135 heavy (non-hydrogen) atoms. The first-order valence-corrected chi connectivity index (χ1v) is 44.9. The van der Waals surface area contributed by atoms with Crippen LogP contribution in [0.4, 0.5) is 46.5 Å². The molecule has 686 valence electrons. The van der Waals surface area contributed by atoms with Gasteiger partial charge in [0.05, 0.1) is 64.7 Å². The number of ether oxygens (including phenoxy) is 2. The zero-order chi connectivity index (χ0) is 93.5. The van der Waals surface area contributed by atoms with Gasteiger partial charge in [-0.25, -0.2) is 39.9 Å². The molecule has 0 unspecified atom stereocenters. The fourth-order valence-corrected chi connectivity index (χ4v) is 15.9. The van der Waals surface area contributed by atoms with Crippen LogP contribution < -0.4 is 30.7 Å². The molecule has 4 amide bonds. The zero-order valence-corrected chi connectivity index (χ0v) is 76.6. The largest absolute Gasteiger partial charge is 0.497 e. The van der Waals surface area contributed by atoms with E-state index in [0.29, 0.717) is 81.7 Å². The molecular formula is C101H106N28O6. The third-order valence-corrected chi connectivity index (χ3v) is 23.9. The Hall–Kier alpha value is -16.0. The van der Waals surface area contributed by atoms with Crippen molar-refractivity contribution in [2.45, 2.75) is 32.6 Å². The number of likely N-dealkylation sites (N-methyl/N-ethyl adjacent to an activating group) is 4. The molecule has 8 N–H and O–H groups in total. The molecule has 0 saturated carbocycles. The predicted octanol–water partition coefficient (Wildman–Crippen LogP) is 14.3. The Labute approximate surface area is 780 Å². The molecule has 34 nitrogen and oxygen atoms in total. The number of aromatic nitrogens is 16. The number of anilines is 8. The number of benzene rings is 4. The van der Waals surface area contributed by atoms with Crippen LogP contribution in [0.25, 0.3) is 89.2 Å². The number of H-pyrrole nitrogens is 4. The van der Waals surface area contributed by atoms with Crippen molar-refractivity contribution in [2.24, 2.45) is 0 Å². The fraction of sp³-hybridized carbons (Fsp3) is 0.267. The van der Waals surface area contributed by atoms with Crippen LogP contribution in [0.15, 0.2) is 225 Å². The van der Waals surface area contributed by atoms with Gasteiger partial charge in [-0.15, -0.1) is 6.42 Å². The van der Waals surface area contributed by atoms with Crippen LogP contribution in [-0.4, -0.2) is 289 Å². The van der Waals surface area contributed by atoms with Crippen LogP contribution in [0, 0.1) is 12.3 Å². The van der Waals surface area contributed by atoms with Crippen molar-refractivity contribution in [3.63, 3.8) is 0 Å². The first-order valence-electron chi connectivity index (χ1n) is 44.9. The lowest BCUT2D eigenvalue weighted by atomic mass is 9.86. The SMILES string of the molecule is C#CC(C)(C)c1ccnc(-c2ccnc(Nc3ccc4[nH]c(C(=O)N5CCN(C)CC5)cc4c3)n2)c1.CCCOc1ccnc(-c2ccnc(Nc3ccc4[nH]c(C(=O)N5CCN(C)CC5)cc4c3)n2)c1.CN1CCN(C(=O)c2cc3cc(Nc4nccc(-c5ccccn5)n4)ccc3[nH]2)CC1.COc1ccnc(-c2ccnc(Nc3ccc4[nH]c(C(=O)N5CCN(C)CC5)cc4c3)n2)c1. The average molecular weight is 1810 g/mol. The summed E-state index contributed by atoms with van der Waals surface area (Å²) in [4.78, 5) is 135. The number of pyridine rings is 4. The second kappa shape index (κ2) is 41.6. The van der Waals surface area contributed by atoms with Gasteiger partial charge in [0.1, 0.15) is 34.3 Å². The highest BCUT2D eigenvalue weighted by atomic mass is 16.5. The van der Waals surface area contributed by atoms with Gasteiger partial charge in [0, 0.05) is 233 Å². The number of piperazine rings is 4. The minimum atomic E-state index is -0.400. The topological polar surface area (TPSA) is 379 Å². The number of aromatic amines is 4. The zero-order valence-electron chi connectivity index (χ0n) is 76.6. The van der Waals surface area contributed by atoms with Crippen LogP contribution in [0.1, 0.15) is 74.7 Å². The third kappa shape index (κ3) is 22.6. The van der Waals surface area contributed by atoms with Crippen molar-refractivity contribution in [1.82, 2.24) is 119 Å². The number of nitrogens with one attached hydrogen (secondary N) is 8. The van der Waals surface area contributed by atoms with Gasteiger partial charge in [-0.05, 0) is 212 Å². The lowest BCUT2D eigenvalue weighted by molar-refractivity contribution is 0.0652. The summed E-state index contributed by atoms with van der Waals surface area (Å²) in [6, 6.07) is 55.4. The smallest absolute Gasteiger partial charge is 0.270 e. The molecule has 0 aliphatic carbocycles. The van der Waals surface area contributed by atoms with E-state index < -0.39 is 5.41 Å². The maximum Gasteiger partial charge on any atom is 0.270 e. The summed E-state index contributed by atoms with van der Waals surface area (Å²) in [5.74, 6) is 6.34. The maximum atomic E-state index is 13.0. The summed E-state index contributed by atoms with van der Waals surface area (Å²) in [6.45, 7) is 19.8. The third-order valence-electron chi connectivity index (χ3n) is 23.9. The molecule has 0 spiro atoms. The number of methoxy groups -OCH3 is 1. The number of nitrogens with zero attached hydrogens (tertiary/aromatic N) is 20. The summed E-state index contributed by atoms with van der Waals surface area (Å²) < 4.78 is 11.0. The lowest BCUT2D eigenvalue weighted by Crippen LogP contribution is -2.47. The highest BCUT2D eigenvalue weighted by Gasteiger charge is 2.28. The summed E-state index contributed by atoms with van der Waals surface area (Å²) >= 11 is 0. The van der Waals surface area contributed by atoms with E-state index in [1.807, 2.05) is 197 Å². The van der Waals surface area contributed by atoms with Crippen molar-refractivity contribution < 1.29 is 28.7 Å². The number of hydrogen-bond donors (Lipinski definition) is 8. The van der Waals surface area contributed by atoms with Gasteiger partial charge in [-0.3, -0.25) is 39.1 Å². The number of terminal acetylenes is 1. The Balaban J connectivity index is 0.000000125. The van der Waals surface area contributed by atoms with Gasteiger partial charge in [-0.2, -0.15) is 0 Å². The van der Waals surface area contributed by atoms with Crippen molar-refractivity contribution in [2.75, 3.05) is 168 Å². The number of rotatable bonds is 21. The summed E-state index contributed by atoms with van der Waals surface area (Å²) in [7, 11) is 9.93. The number of carbonyl (C=O) groups is 4.